The van der Waals surface area contributed by atoms with Crippen LogP contribution < -0.4 is 5.32 Å². The molecule has 0 amide bonds. The molecule has 2 heterocycles. The molecule has 1 saturated heterocycles. The Labute approximate surface area is 117 Å². The van der Waals surface area contributed by atoms with Crippen molar-refractivity contribution in [3.63, 3.8) is 0 Å². The van der Waals surface area contributed by atoms with Crippen LogP contribution in [0, 0.1) is 6.92 Å². The normalized spacial score (nSPS) is 21.2. The molecule has 1 atom stereocenters. The van der Waals surface area contributed by atoms with Crippen molar-refractivity contribution in [1.82, 2.24) is 10.2 Å². The minimum absolute atomic E-state index is 0.496. The van der Waals surface area contributed by atoms with Gasteiger partial charge in [0.25, 0.3) is 0 Å². The third kappa shape index (κ3) is 4.08. The van der Waals surface area contributed by atoms with Crippen molar-refractivity contribution in [2.24, 2.45) is 0 Å². The maximum absolute atomic E-state index is 5.85. The first-order valence-electron chi connectivity index (χ1n) is 7.62. The van der Waals surface area contributed by atoms with Crippen LogP contribution in [0.25, 0.3) is 0 Å². The Bertz CT molecular complexity index is 397. The summed E-state index contributed by atoms with van der Waals surface area (Å²) >= 11 is 0. The number of nitrogens with zero attached hydrogens (tertiary/aromatic N) is 1. The van der Waals surface area contributed by atoms with Gasteiger partial charge >= 0.3 is 0 Å². The Morgan fingerprint density at radius 2 is 2.21 bits per heavy atom. The summed E-state index contributed by atoms with van der Waals surface area (Å²) in [5.74, 6) is 2.14. The van der Waals surface area contributed by atoms with E-state index in [1.54, 1.807) is 0 Å². The van der Waals surface area contributed by atoms with Crippen LogP contribution in [0.1, 0.15) is 57.1 Å². The van der Waals surface area contributed by atoms with Gasteiger partial charge in [0.2, 0.25) is 0 Å². The van der Waals surface area contributed by atoms with E-state index in [0.717, 1.165) is 24.6 Å². The Morgan fingerprint density at radius 3 is 2.89 bits per heavy atom. The summed E-state index contributed by atoms with van der Waals surface area (Å²) in [7, 11) is 0. The highest BCUT2D eigenvalue weighted by Gasteiger charge is 2.20. The largest absolute Gasteiger partial charge is 0.465 e. The molecule has 0 saturated carbocycles. The highest BCUT2D eigenvalue weighted by Crippen LogP contribution is 2.22. The zero-order chi connectivity index (χ0) is 13.8. The van der Waals surface area contributed by atoms with Gasteiger partial charge in [0.05, 0.1) is 6.54 Å². The lowest BCUT2D eigenvalue weighted by Crippen LogP contribution is -2.36. The lowest BCUT2D eigenvalue weighted by Gasteiger charge is -2.33. The van der Waals surface area contributed by atoms with E-state index in [4.69, 9.17) is 4.42 Å². The van der Waals surface area contributed by atoms with Gasteiger partial charge in [-0.3, -0.25) is 4.90 Å². The molecule has 2 rings (SSSR count). The number of hydrogen-bond acceptors (Lipinski definition) is 3. The van der Waals surface area contributed by atoms with Gasteiger partial charge in [0.1, 0.15) is 11.5 Å². The van der Waals surface area contributed by atoms with Crippen LogP contribution in [0.5, 0.6) is 0 Å². The molecular weight excluding hydrogens is 236 g/mol. The van der Waals surface area contributed by atoms with Crippen LogP contribution in [0.4, 0.5) is 0 Å². The Morgan fingerprint density at radius 1 is 1.42 bits per heavy atom. The molecule has 1 aliphatic heterocycles. The molecule has 1 N–H and O–H groups in total. The second kappa shape index (κ2) is 6.58. The lowest BCUT2D eigenvalue weighted by atomic mass is 10.0. The zero-order valence-corrected chi connectivity index (χ0v) is 12.8. The molecule has 3 nitrogen and oxygen atoms in total. The fraction of sp³-hybridized carbons (Fsp3) is 0.750. The maximum Gasteiger partial charge on any atom is 0.118 e. The summed E-state index contributed by atoms with van der Waals surface area (Å²) in [6.07, 6.45) is 4.05. The molecule has 19 heavy (non-hydrogen) atoms. The molecule has 1 aromatic rings. The summed E-state index contributed by atoms with van der Waals surface area (Å²) in [5.41, 5.74) is 1.36. The van der Waals surface area contributed by atoms with Gasteiger partial charge in [-0.1, -0.05) is 20.3 Å². The average Bonchev–Trinajstić information content (AvgIpc) is 2.71. The third-order valence-corrected chi connectivity index (χ3v) is 4.07. The number of nitrogens with one attached hydrogen (secondary N) is 1. The fourth-order valence-electron chi connectivity index (χ4n) is 2.75. The molecular formula is C16H28N2O. The van der Waals surface area contributed by atoms with Gasteiger partial charge in [-0.25, -0.2) is 0 Å². The molecule has 1 aromatic heterocycles. The van der Waals surface area contributed by atoms with Crippen LogP contribution in [0.2, 0.25) is 0 Å². The predicted octanol–water partition coefficient (Wildman–Crippen LogP) is 3.46. The van der Waals surface area contributed by atoms with Gasteiger partial charge in [-0.05, 0) is 39.3 Å². The van der Waals surface area contributed by atoms with E-state index in [9.17, 15) is 0 Å². The van der Waals surface area contributed by atoms with E-state index in [2.05, 4.69) is 44.0 Å². The molecule has 108 valence electrons. The van der Waals surface area contributed by atoms with Crippen LogP contribution in [0.15, 0.2) is 10.5 Å². The third-order valence-electron chi connectivity index (χ3n) is 4.07. The van der Waals surface area contributed by atoms with Gasteiger partial charge in [0, 0.05) is 24.2 Å². The number of hydrogen-bond donors (Lipinski definition) is 1. The fourth-order valence-corrected chi connectivity index (χ4v) is 2.75. The van der Waals surface area contributed by atoms with Crippen LogP contribution in [0.3, 0.4) is 0 Å². The minimum Gasteiger partial charge on any atom is -0.465 e. The summed E-state index contributed by atoms with van der Waals surface area (Å²) in [5, 5.41) is 3.41. The Hall–Kier alpha value is -0.800. The van der Waals surface area contributed by atoms with Crippen molar-refractivity contribution >= 4 is 0 Å². The number of aryl methyl sites for hydroxylation is 1. The molecule has 0 bridgehead atoms. The molecule has 0 aromatic carbocycles. The number of furan rings is 1. The minimum atomic E-state index is 0.496. The first kappa shape index (κ1) is 14.6. The molecule has 0 spiro atoms. The second-order valence-electron chi connectivity index (χ2n) is 6.15. The monoisotopic (exact) mass is 264 g/mol. The van der Waals surface area contributed by atoms with Crippen LogP contribution in [-0.2, 0) is 13.1 Å². The summed E-state index contributed by atoms with van der Waals surface area (Å²) in [6, 6.07) is 3.43. The number of rotatable bonds is 5. The Kier molecular flexibility index (Phi) is 5.06. The molecule has 3 heteroatoms. The van der Waals surface area contributed by atoms with Crippen molar-refractivity contribution in [2.45, 2.75) is 72.1 Å². The molecule has 0 radical (unpaired) electrons. The van der Waals surface area contributed by atoms with Crippen molar-refractivity contribution in [3.8, 4) is 0 Å². The van der Waals surface area contributed by atoms with Crippen LogP contribution >= 0.6 is 0 Å². The van der Waals surface area contributed by atoms with Gasteiger partial charge in [0.15, 0.2) is 0 Å². The second-order valence-corrected chi connectivity index (χ2v) is 6.15. The number of piperidine rings is 1. The molecule has 0 aliphatic carbocycles. The zero-order valence-electron chi connectivity index (χ0n) is 12.8. The standard InChI is InChI=1S/C16H28N2O/c1-12(2)17-10-16-9-15(14(4)19-16)11-18-8-6-5-7-13(18)3/h9,12-13,17H,5-8,10-11H2,1-4H3. The van der Waals surface area contributed by atoms with Crippen molar-refractivity contribution in [2.75, 3.05) is 6.54 Å². The van der Waals surface area contributed by atoms with Gasteiger partial charge in [-0.2, -0.15) is 0 Å². The van der Waals surface area contributed by atoms with Crippen molar-refractivity contribution in [1.29, 1.82) is 0 Å². The van der Waals surface area contributed by atoms with E-state index in [1.165, 1.54) is 31.4 Å². The Balaban J connectivity index is 1.96. The number of likely N-dealkylation sites (tertiary alicyclic amines) is 1. The van der Waals surface area contributed by atoms with E-state index in [-0.39, 0.29) is 0 Å². The van der Waals surface area contributed by atoms with E-state index in [1.807, 2.05) is 0 Å². The average molecular weight is 264 g/mol. The first-order chi connectivity index (χ1) is 9.06. The highest BCUT2D eigenvalue weighted by atomic mass is 16.3. The van der Waals surface area contributed by atoms with Gasteiger partial charge in [-0.15, -0.1) is 0 Å². The van der Waals surface area contributed by atoms with E-state index in [0.29, 0.717) is 12.1 Å². The maximum atomic E-state index is 5.85. The summed E-state index contributed by atoms with van der Waals surface area (Å²) in [4.78, 5) is 2.58. The van der Waals surface area contributed by atoms with Crippen molar-refractivity contribution < 1.29 is 4.42 Å². The molecule has 1 unspecified atom stereocenters. The van der Waals surface area contributed by atoms with Crippen molar-refractivity contribution in [3.05, 3.63) is 23.2 Å². The first-order valence-corrected chi connectivity index (χ1v) is 7.62. The highest BCUT2D eigenvalue weighted by molar-refractivity contribution is 5.21. The molecule has 1 aliphatic rings. The smallest absolute Gasteiger partial charge is 0.118 e. The lowest BCUT2D eigenvalue weighted by molar-refractivity contribution is 0.152. The van der Waals surface area contributed by atoms with E-state index >= 15 is 0 Å². The van der Waals surface area contributed by atoms with Gasteiger partial charge < -0.3 is 9.73 Å². The summed E-state index contributed by atoms with van der Waals surface area (Å²) < 4.78 is 5.85. The quantitative estimate of drug-likeness (QED) is 0.883. The summed E-state index contributed by atoms with van der Waals surface area (Å²) in [6.45, 7) is 11.8. The predicted molar refractivity (Wildman–Crippen MR) is 79.1 cm³/mol. The molecule has 1 fully saturated rings. The van der Waals surface area contributed by atoms with Crippen LogP contribution in [-0.4, -0.2) is 23.5 Å². The SMILES string of the molecule is Cc1oc(CNC(C)C)cc1CN1CCCCC1C. The van der Waals surface area contributed by atoms with E-state index < -0.39 is 0 Å². The topological polar surface area (TPSA) is 28.4 Å².